The summed E-state index contributed by atoms with van der Waals surface area (Å²) < 4.78 is 0. The van der Waals surface area contributed by atoms with Gasteiger partial charge in [-0.25, -0.2) is 0 Å². The van der Waals surface area contributed by atoms with Crippen LogP contribution in [0.1, 0.15) is 12.0 Å². The summed E-state index contributed by atoms with van der Waals surface area (Å²) in [5, 5.41) is 1.67. The van der Waals surface area contributed by atoms with E-state index in [1.807, 2.05) is 0 Å². The summed E-state index contributed by atoms with van der Waals surface area (Å²) in [6.45, 7) is 4.74. The molecular weight excluding hydrogens is 184 g/mol. The van der Waals surface area contributed by atoms with Gasteiger partial charge in [0.05, 0.1) is 8.80 Å². The standard InChI is InChI=1S/C13H15Si/c1-14(2)13-10-6-9-12(13)11-7-4-3-5-8-11/h3-9H,10H2,1-2H3. The molecule has 0 bridgehead atoms. The number of benzene rings is 1. The van der Waals surface area contributed by atoms with Crippen molar-refractivity contribution in [3.05, 3.63) is 53.2 Å². The molecule has 0 heterocycles. The van der Waals surface area contributed by atoms with Crippen molar-refractivity contribution in [1.82, 2.24) is 0 Å². The van der Waals surface area contributed by atoms with Crippen molar-refractivity contribution in [2.24, 2.45) is 0 Å². The van der Waals surface area contributed by atoms with E-state index in [2.05, 4.69) is 55.6 Å². The zero-order valence-electron chi connectivity index (χ0n) is 8.75. The summed E-state index contributed by atoms with van der Waals surface area (Å²) in [7, 11) is -0.290. The number of hydrogen-bond acceptors (Lipinski definition) is 0. The molecule has 0 spiro atoms. The Kier molecular flexibility index (Phi) is 2.68. The zero-order valence-corrected chi connectivity index (χ0v) is 9.75. The highest BCUT2D eigenvalue weighted by atomic mass is 28.3. The molecule has 0 unspecified atom stereocenters. The Balaban J connectivity index is 2.42. The predicted octanol–water partition coefficient (Wildman–Crippen LogP) is 3.69. The third-order valence-electron chi connectivity index (χ3n) is 2.62. The van der Waals surface area contributed by atoms with Crippen LogP contribution in [0, 0.1) is 0 Å². The summed E-state index contributed by atoms with van der Waals surface area (Å²) >= 11 is 0. The number of allylic oxidation sites excluding steroid dienone is 4. The van der Waals surface area contributed by atoms with Crippen molar-refractivity contribution in [3.63, 3.8) is 0 Å². The first kappa shape index (κ1) is 9.47. The first-order chi connectivity index (χ1) is 6.79. The van der Waals surface area contributed by atoms with Gasteiger partial charge in [0.15, 0.2) is 0 Å². The highest BCUT2D eigenvalue weighted by Crippen LogP contribution is 2.29. The molecule has 1 aromatic carbocycles. The quantitative estimate of drug-likeness (QED) is 0.637. The molecule has 0 nitrogen and oxygen atoms in total. The maximum Gasteiger partial charge on any atom is 0.0749 e. The fraction of sp³-hybridized carbons (Fsp3) is 0.231. The number of rotatable bonds is 2. The second kappa shape index (κ2) is 3.97. The van der Waals surface area contributed by atoms with Crippen LogP contribution >= 0.6 is 0 Å². The van der Waals surface area contributed by atoms with Crippen LogP contribution in [0.5, 0.6) is 0 Å². The molecule has 0 fully saturated rings. The zero-order chi connectivity index (χ0) is 9.97. The monoisotopic (exact) mass is 199 g/mol. The summed E-state index contributed by atoms with van der Waals surface area (Å²) in [6, 6.07) is 10.7. The van der Waals surface area contributed by atoms with E-state index < -0.39 is 0 Å². The van der Waals surface area contributed by atoms with Crippen molar-refractivity contribution in [2.45, 2.75) is 19.5 Å². The molecule has 1 heteroatoms. The summed E-state index contributed by atoms with van der Waals surface area (Å²) in [6.07, 6.45) is 5.74. The third-order valence-corrected chi connectivity index (χ3v) is 4.30. The molecule has 1 radical (unpaired) electrons. The largest absolute Gasteiger partial charge is 0.0802 e. The second-order valence-electron chi connectivity index (χ2n) is 3.86. The lowest BCUT2D eigenvalue weighted by Gasteiger charge is -2.09. The highest BCUT2D eigenvalue weighted by molar-refractivity contribution is 6.65. The Bertz CT molecular complexity index is 371. The van der Waals surface area contributed by atoms with Crippen LogP contribution in [0.4, 0.5) is 0 Å². The van der Waals surface area contributed by atoms with Gasteiger partial charge in [0.1, 0.15) is 0 Å². The lowest BCUT2D eigenvalue weighted by atomic mass is 10.1. The molecule has 14 heavy (non-hydrogen) atoms. The molecule has 0 amide bonds. The Morgan fingerprint density at radius 2 is 1.79 bits per heavy atom. The Morgan fingerprint density at radius 3 is 2.43 bits per heavy atom. The molecular formula is C13H15Si. The van der Waals surface area contributed by atoms with E-state index in [0.29, 0.717) is 0 Å². The molecule has 1 aliphatic carbocycles. The lowest BCUT2D eigenvalue weighted by molar-refractivity contribution is 1.38. The summed E-state index contributed by atoms with van der Waals surface area (Å²) in [5.41, 5.74) is 2.85. The van der Waals surface area contributed by atoms with Gasteiger partial charge in [-0.05, 0) is 17.6 Å². The molecule has 1 aromatic rings. The minimum atomic E-state index is -0.290. The molecule has 0 aromatic heterocycles. The average Bonchev–Trinajstić information content (AvgIpc) is 2.67. The maximum atomic E-state index is 2.37. The Morgan fingerprint density at radius 1 is 1.07 bits per heavy atom. The van der Waals surface area contributed by atoms with E-state index in [0.717, 1.165) is 0 Å². The Hall–Kier alpha value is -1.08. The van der Waals surface area contributed by atoms with E-state index in [9.17, 15) is 0 Å². The maximum absolute atomic E-state index is 2.37. The molecule has 0 atom stereocenters. The van der Waals surface area contributed by atoms with Gasteiger partial charge >= 0.3 is 0 Å². The normalized spacial score (nSPS) is 15.6. The smallest absolute Gasteiger partial charge is 0.0749 e. The fourth-order valence-corrected chi connectivity index (χ4v) is 3.16. The average molecular weight is 199 g/mol. The van der Waals surface area contributed by atoms with Crippen LogP contribution in [-0.2, 0) is 0 Å². The van der Waals surface area contributed by atoms with Crippen LogP contribution in [0.25, 0.3) is 5.57 Å². The molecule has 2 rings (SSSR count). The highest BCUT2D eigenvalue weighted by Gasteiger charge is 2.14. The predicted molar refractivity (Wildman–Crippen MR) is 64.6 cm³/mol. The van der Waals surface area contributed by atoms with E-state index >= 15 is 0 Å². The molecule has 0 aliphatic heterocycles. The van der Waals surface area contributed by atoms with E-state index in [1.165, 1.54) is 17.6 Å². The second-order valence-corrected chi connectivity index (χ2v) is 6.47. The van der Waals surface area contributed by atoms with Crippen molar-refractivity contribution < 1.29 is 0 Å². The first-order valence-corrected chi connectivity index (χ1v) is 7.54. The van der Waals surface area contributed by atoms with Crippen LogP contribution in [-0.4, -0.2) is 8.80 Å². The van der Waals surface area contributed by atoms with Crippen LogP contribution < -0.4 is 0 Å². The SMILES string of the molecule is C[Si](C)C1=C(c2ccccc2)C=CC1. The van der Waals surface area contributed by atoms with Gasteiger partial charge in [-0.3, -0.25) is 0 Å². The Labute approximate surface area is 87.6 Å². The molecule has 1 aliphatic rings. The number of hydrogen-bond donors (Lipinski definition) is 0. The lowest BCUT2D eigenvalue weighted by Crippen LogP contribution is -2.05. The molecule has 71 valence electrons. The van der Waals surface area contributed by atoms with Gasteiger partial charge in [0.2, 0.25) is 0 Å². The minimum Gasteiger partial charge on any atom is -0.0802 e. The summed E-state index contributed by atoms with van der Waals surface area (Å²) in [5.74, 6) is 0. The van der Waals surface area contributed by atoms with E-state index in [1.54, 1.807) is 5.20 Å². The van der Waals surface area contributed by atoms with Crippen LogP contribution in [0.2, 0.25) is 13.1 Å². The van der Waals surface area contributed by atoms with Crippen molar-refractivity contribution in [1.29, 1.82) is 0 Å². The van der Waals surface area contributed by atoms with Crippen molar-refractivity contribution in [3.8, 4) is 0 Å². The van der Waals surface area contributed by atoms with E-state index in [4.69, 9.17) is 0 Å². The van der Waals surface area contributed by atoms with Crippen molar-refractivity contribution >= 4 is 14.4 Å². The first-order valence-electron chi connectivity index (χ1n) is 5.04. The summed E-state index contributed by atoms with van der Waals surface area (Å²) in [4.78, 5) is 0. The van der Waals surface area contributed by atoms with Gasteiger partial charge in [-0.15, -0.1) is 0 Å². The van der Waals surface area contributed by atoms with Gasteiger partial charge in [0, 0.05) is 0 Å². The fourth-order valence-electron chi connectivity index (χ4n) is 1.87. The van der Waals surface area contributed by atoms with Crippen molar-refractivity contribution in [2.75, 3.05) is 0 Å². The van der Waals surface area contributed by atoms with Gasteiger partial charge < -0.3 is 0 Å². The topological polar surface area (TPSA) is 0 Å². The molecule has 0 saturated carbocycles. The molecule has 0 saturated heterocycles. The van der Waals surface area contributed by atoms with Gasteiger partial charge in [0.25, 0.3) is 0 Å². The van der Waals surface area contributed by atoms with Crippen LogP contribution in [0.3, 0.4) is 0 Å². The van der Waals surface area contributed by atoms with Gasteiger partial charge in [-0.2, -0.15) is 0 Å². The third kappa shape index (κ3) is 1.73. The van der Waals surface area contributed by atoms with Crippen LogP contribution in [0.15, 0.2) is 47.7 Å². The van der Waals surface area contributed by atoms with E-state index in [-0.39, 0.29) is 8.80 Å². The molecule has 0 N–H and O–H groups in total. The van der Waals surface area contributed by atoms with Gasteiger partial charge in [-0.1, -0.05) is 60.8 Å². The minimum absolute atomic E-state index is 0.290.